The molecule has 0 aliphatic heterocycles. The van der Waals surface area contributed by atoms with Gasteiger partial charge in [-0.25, -0.2) is 9.18 Å². The Hall–Kier alpha value is -2.95. The number of imidazole rings is 1. The summed E-state index contributed by atoms with van der Waals surface area (Å²) in [6.45, 7) is 5.52. The molecule has 0 radical (unpaired) electrons. The van der Waals surface area contributed by atoms with Crippen LogP contribution in [0.25, 0.3) is 16.7 Å². The number of benzene rings is 2. The van der Waals surface area contributed by atoms with Crippen LogP contribution in [0, 0.1) is 5.82 Å². The maximum absolute atomic E-state index is 13.7. The average Bonchev–Trinajstić information content (AvgIpc) is 2.82. The van der Waals surface area contributed by atoms with Gasteiger partial charge in [-0.3, -0.25) is 9.36 Å². The van der Waals surface area contributed by atoms with Gasteiger partial charge in [0.25, 0.3) is 0 Å². The largest absolute Gasteiger partial charge is 0.330 e. The topological polar surface area (TPSA) is 54.9 Å². The Labute approximate surface area is 131 Å². The molecular weight excluding hydrogens is 295 g/mol. The Balaban J connectivity index is 1.96. The van der Waals surface area contributed by atoms with Gasteiger partial charge in [-0.1, -0.05) is 24.8 Å². The van der Waals surface area contributed by atoms with Crippen molar-refractivity contribution >= 4 is 22.5 Å². The number of rotatable bonds is 4. The second-order valence-electron chi connectivity index (χ2n) is 5.43. The van der Waals surface area contributed by atoms with Crippen LogP contribution in [0.5, 0.6) is 0 Å². The number of allylic oxidation sites excluding steroid dienone is 1. The number of halogens is 1. The highest BCUT2D eigenvalue weighted by atomic mass is 19.1. The summed E-state index contributed by atoms with van der Waals surface area (Å²) in [7, 11) is 0. The summed E-state index contributed by atoms with van der Waals surface area (Å²) in [4.78, 5) is 26.9. The van der Waals surface area contributed by atoms with Crippen LogP contribution >= 0.6 is 0 Å². The van der Waals surface area contributed by atoms with Crippen LogP contribution in [0.15, 0.2) is 53.8 Å². The number of fused-ring (bicyclic) bond motifs is 1. The van der Waals surface area contributed by atoms with Crippen LogP contribution in [0.3, 0.4) is 0 Å². The molecule has 5 heteroatoms. The number of hydrogen-bond donors (Lipinski definition) is 1. The maximum Gasteiger partial charge on any atom is 0.330 e. The Morgan fingerprint density at radius 1 is 1.26 bits per heavy atom. The van der Waals surface area contributed by atoms with E-state index < -0.39 is 5.82 Å². The normalized spacial score (nSPS) is 10.9. The van der Waals surface area contributed by atoms with E-state index in [2.05, 4.69) is 11.6 Å². The molecule has 3 rings (SSSR count). The van der Waals surface area contributed by atoms with Crippen molar-refractivity contribution in [3.63, 3.8) is 0 Å². The highest BCUT2D eigenvalue weighted by molar-refractivity contribution is 5.98. The number of hydrogen-bond acceptors (Lipinski definition) is 2. The summed E-state index contributed by atoms with van der Waals surface area (Å²) in [5.41, 5.74) is 2.43. The number of carbonyl (C=O) groups excluding carboxylic acids is 1. The molecule has 0 bridgehead atoms. The molecule has 4 nitrogen and oxygen atoms in total. The number of carbonyl (C=O) groups is 1. The van der Waals surface area contributed by atoms with Gasteiger partial charge in [0, 0.05) is 12.1 Å². The first-order valence-electron chi connectivity index (χ1n) is 7.14. The fourth-order valence-corrected chi connectivity index (χ4v) is 2.62. The minimum absolute atomic E-state index is 0.0666. The van der Waals surface area contributed by atoms with Crippen LogP contribution < -0.4 is 5.69 Å². The summed E-state index contributed by atoms with van der Waals surface area (Å²) in [6, 6.07) is 11.2. The highest BCUT2D eigenvalue weighted by Gasteiger charge is 2.13. The number of nitrogens with zero attached hydrogens (tertiary/aromatic N) is 1. The first-order valence-corrected chi connectivity index (χ1v) is 7.14. The summed E-state index contributed by atoms with van der Waals surface area (Å²) in [5, 5.41) is 0. The SMILES string of the molecule is C=C(C)n1c(=O)[nH]c2cc(CC(=O)c3ccccc3F)ccc21. The van der Waals surface area contributed by atoms with Crippen molar-refractivity contribution in [1.29, 1.82) is 0 Å². The molecule has 0 unspecified atom stereocenters. The van der Waals surface area contributed by atoms with Gasteiger partial charge in [0.15, 0.2) is 5.78 Å². The number of nitrogens with one attached hydrogen (secondary N) is 1. The quantitative estimate of drug-likeness (QED) is 0.751. The van der Waals surface area contributed by atoms with Crippen molar-refractivity contribution in [3.05, 3.63) is 76.5 Å². The number of aromatic nitrogens is 2. The number of H-pyrrole nitrogens is 1. The molecule has 0 spiro atoms. The van der Waals surface area contributed by atoms with Gasteiger partial charge < -0.3 is 4.98 Å². The fraction of sp³-hybridized carbons (Fsp3) is 0.111. The summed E-state index contributed by atoms with van der Waals surface area (Å²) >= 11 is 0. The fourth-order valence-electron chi connectivity index (χ4n) is 2.62. The van der Waals surface area contributed by atoms with Crippen molar-refractivity contribution in [1.82, 2.24) is 9.55 Å². The van der Waals surface area contributed by atoms with Gasteiger partial charge in [-0.05, 0) is 36.8 Å². The first kappa shape index (κ1) is 15.0. The molecule has 0 saturated carbocycles. The van der Waals surface area contributed by atoms with Crippen molar-refractivity contribution in [2.45, 2.75) is 13.3 Å². The molecule has 0 aliphatic carbocycles. The van der Waals surface area contributed by atoms with Gasteiger partial charge in [0.2, 0.25) is 0 Å². The van der Waals surface area contributed by atoms with E-state index in [0.717, 1.165) is 0 Å². The second kappa shape index (κ2) is 5.68. The van der Waals surface area contributed by atoms with E-state index in [9.17, 15) is 14.0 Å². The predicted molar refractivity (Wildman–Crippen MR) is 88.0 cm³/mol. The Kier molecular flexibility index (Phi) is 3.70. The van der Waals surface area contributed by atoms with Crippen LogP contribution in [0.2, 0.25) is 0 Å². The molecule has 3 aromatic rings. The first-order chi connectivity index (χ1) is 11.0. The average molecular weight is 310 g/mol. The lowest BCUT2D eigenvalue weighted by Gasteiger charge is -2.04. The van der Waals surface area contributed by atoms with E-state index in [1.54, 1.807) is 37.3 Å². The van der Waals surface area contributed by atoms with Crippen LogP contribution in [-0.2, 0) is 6.42 Å². The molecule has 0 fully saturated rings. The van der Waals surface area contributed by atoms with E-state index >= 15 is 0 Å². The van der Waals surface area contributed by atoms with Crippen molar-refractivity contribution in [2.24, 2.45) is 0 Å². The summed E-state index contributed by atoms with van der Waals surface area (Å²) in [5.74, 6) is -0.829. The monoisotopic (exact) mass is 310 g/mol. The lowest BCUT2D eigenvalue weighted by Crippen LogP contribution is -2.13. The Morgan fingerprint density at radius 3 is 2.70 bits per heavy atom. The standard InChI is InChI=1S/C18H15FN2O2/c1-11(2)21-16-8-7-12(9-15(16)20-18(21)23)10-17(22)13-5-3-4-6-14(13)19/h3-9H,1,10H2,2H3,(H,20,23). The van der Waals surface area contributed by atoms with E-state index in [1.165, 1.54) is 16.7 Å². The van der Waals surface area contributed by atoms with Gasteiger partial charge in [-0.2, -0.15) is 0 Å². The van der Waals surface area contributed by atoms with Gasteiger partial charge in [-0.15, -0.1) is 0 Å². The zero-order valence-corrected chi connectivity index (χ0v) is 12.6. The Bertz CT molecular complexity index is 982. The molecule has 0 saturated heterocycles. The minimum atomic E-state index is -0.527. The smallest absolute Gasteiger partial charge is 0.305 e. The van der Waals surface area contributed by atoms with E-state index in [1.807, 2.05) is 0 Å². The number of aromatic amines is 1. The highest BCUT2D eigenvalue weighted by Crippen LogP contribution is 2.17. The molecule has 1 N–H and O–H groups in total. The van der Waals surface area contributed by atoms with Gasteiger partial charge >= 0.3 is 5.69 Å². The van der Waals surface area contributed by atoms with Gasteiger partial charge in [0.05, 0.1) is 16.6 Å². The molecule has 1 heterocycles. The minimum Gasteiger partial charge on any atom is -0.305 e. The van der Waals surface area contributed by atoms with E-state index in [4.69, 9.17) is 0 Å². The summed E-state index contributed by atoms with van der Waals surface area (Å²) in [6.07, 6.45) is 0.0666. The molecule has 1 aromatic heterocycles. The van der Waals surface area contributed by atoms with E-state index in [0.29, 0.717) is 22.3 Å². The predicted octanol–water partition coefficient (Wildman–Crippen LogP) is 3.38. The lowest BCUT2D eigenvalue weighted by atomic mass is 10.0. The van der Waals surface area contributed by atoms with Crippen molar-refractivity contribution in [2.75, 3.05) is 0 Å². The van der Waals surface area contributed by atoms with Crippen molar-refractivity contribution < 1.29 is 9.18 Å². The Morgan fingerprint density at radius 2 is 2.00 bits per heavy atom. The van der Waals surface area contributed by atoms with E-state index in [-0.39, 0.29) is 23.5 Å². The molecule has 23 heavy (non-hydrogen) atoms. The third-order valence-corrected chi connectivity index (χ3v) is 3.67. The van der Waals surface area contributed by atoms with Crippen LogP contribution in [0.4, 0.5) is 4.39 Å². The third-order valence-electron chi connectivity index (χ3n) is 3.67. The zero-order valence-electron chi connectivity index (χ0n) is 12.6. The molecular formula is C18H15FN2O2. The van der Waals surface area contributed by atoms with Crippen molar-refractivity contribution in [3.8, 4) is 0 Å². The molecule has 2 aromatic carbocycles. The summed E-state index contributed by atoms with van der Waals surface area (Å²) < 4.78 is 15.1. The van der Waals surface area contributed by atoms with Crippen LogP contribution in [0.1, 0.15) is 22.8 Å². The molecule has 0 aliphatic rings. The second-order valence-corrected chi connectivity index (χ2v) is 5.43. The maximum atomic E-state index is 13.7. The molecule has 0 amide bonds. The lowest BCUT2D eigenvalue weighted by molar-refractivity contribution is 0.0989. The molecule has 116 valence electrons. The zero-order chi connectivity index (χ0) is 16.6. The number of Topliss-reactive ketones (excluding diaryl/α,β-unsaturated/α-hetero) is 1. The molecule has 0 atom stereocenters. The third kappa shape index (κ3) is 2.73. The van der Waals surface area contributed by atoms with Crippen LogP contribution in [-0.4, -0.2) is 15.3 Å². The van der Waals surface area contributed by atoms with Gasteiger partial charge in [0.1, 0.15) is 5.82 Å². The number of ketones is 1.